The minimum absolute atomic E-state index is 0.177. The average molecular weight is 585 g/mol. The van der Waals surface area contributed by atoms with Gasteiger partial charge in [-0.2, -0.15) is 0 Å². The Morgan fingerprint density at radius 2 is 1.52 bits per heavy atom. The SMILES string of the molecule is COc1ccccc1NCc1c(-c2ccc(OC(=O)Oc3ccc(Cl)cc3)cc2OC)ccc2c1C(C)=CC(C)(C)N2. The van der Waals surface area contributed by atoms with Crippen molar-refractivity contribution in [1.82, 2.24) is 0 Å². The number of fused-ring (bicyclic) bond motifs is 1. The summed E-state index contributed by atoms with van der Waals surface area (Å²) >= 11 is 5.91. The van der Waals surface area contributed by atoms with Crippen LogP contribution in [0, 0.1) is 0 Å². The van der Waals surface area contributed by atoms with Crippen LogP contribution in [0.4, 0.5) is 16.2 Å². The molecule has 7 nitrogen and oxygen atoms in total. The minimum Gasteiger partial charge on any atom is -0.496 e. The lowest BCUT2D eigenvalue weighted by Crippen LogP contribution is -2.32. The molecular formula is C34H33ClN2O5. The van der Waals surface area contributed by atoms with Crippen molar-refractivity contribution in [2.24, 2.45) is 0 Å². The van der Waals surface area contributed by atoms with Gasteiger partial charge in [0.15, 0.2) is 0 Å². The molecule has 1 heterocycles. The van der Waals surface area contributed by atoms with Crippen molar-refractivity contribution in [3.05, 3.63) is 101 Å². The van der Waals surface area contributed by atoms with Crippen molar-refractivity contribution in [1.29, 1.82) is 0 Å². The molecule has 5 rings (SSSR count). The molecule has 0 bridgehead atoms. The van der Waals surface area contributed by atoms with Gasteiger partial charge in [-0.25, -0.2) is 4.79 Å². The quantitative estimate of drug-likeness (QED) is 0.158. The van der Waals surface area contributed by atoms with E-state index in [1.165, 1.54) is 5.57 Å². The molecule has 4 aromatic rings. The van der Waals surface area contributed by atoms with Gasteiger partial charge in [-0.15, -0.1) is 0 Å². The lowest BCUT2D eigenvalue weighted by Gasteiger charge is -2.33. The van der Waals surface area contributed by atoms with Crippen LogP contribution in [-0.2, 0) is 6.54 Å². The van der Waals surface area contributed by atoms with Crippen LogP contribution >= 0.6 is 11.6 Å². The highest BCUT2D eigenvalue weighted by molar-refractivity contribution is 6.30. The molecule has 0 aromatic heterocycles. The number of nitrogens with one attached hydrogen (secondary N) is 2. The van der Waals surface area contributed by atoms with E-state index in [1.807, 2.05) is 30.3 Å². The maximum atomic E-state index is 12.4. The summed E-state index contributed by atoms with van der Waals surface area (Å²) in [6, 6.07) is 23.8. The monoisotopic (exact) mass is 584 g/mol. The summed E-state index contributed by atoms with van der Waals surface area (Å²) in [6.45, 7) is 6.97. The van der Waals surface area contributed by atoms with Gasteiger partial charge >= 0.3 is 6.16 Å². The van der Waals surface area contributed by atoms with Gasteiger partial charge in [0.1, 0.15) is 23.0 Å². The number of ether oxygens (including phenoxy) is 4. The lowest BCUT2D eigenvalue weighted by molar-refractivity contribution is 0.152. The van der Waals surface area contributed by atoms with Gasteiger partial charge in [0.2, 0.25) is 0 Å². The minimum atomic E-state index is -0.864. The van der Waals surface area contributed by atoms with Gasteiger partial charge in [0.05, 0.1) is 25.4 Å². The van der Waals surface area contributed by atoms with Crippen LogP contribution in [0.5, 0.6) is 23.0 Å². The van der Waals surface area contributed by atoms with Crippen molar-refractivity contribution < 1.29 is 23.7 Å². The highest BCUT2D eigenvalue weighted by Gasteiger charge is 2.27. The second-order valence-electron chi connectivity index (χ2n) is 10.5. The molecule has 2 N–H and O–H groups in total. The first-order valence-corrected chi connectivity index (χ1v) is 13.9. The number of benzene rings is 4. The molecule has 1 aliphatic rings. The van der Waals surface area contributed by atoms with Gasteiger partial charge in [-0.05, 0) is 92.1 Å². The third-order valence-electron chi connectivity index (χ3n) is 6.98. The topological polar surface area (TPSA) is 78.1 Å². The van der Waals surface area contributed by atoms with Gasteiger partial charge in [0, 0.05) is 34.4 Å². The number of allylic oxidation sites excluding steroid dienone is 1. The Morgan fingerprint density at radius 3 is 2.26 bits per heavy atom. The molecule has 0 aliphatic carbocycles. The third kappa shape index (κ3) is 6.31. The molecule has 0 saturated heterocycles. The molecule has 216 valence electrons. The molecule has 1 aliphatic heterocycles. The molecular weight excluding hydrogens is 552 g/mol. The highest BCUT2D eigenvalue weighted by Crippen LogP contribution is 2.43. The number of para-hydroxylation sites is 2. The number of methoxy groups -OCH3 is 2. The normalized spacial score (nSPS) is 13.2. The van der Waals surface area contributed by atoms with Gasteiger partial charge in [-0.3, -0.25) is 0 Å². The predicted octanol–water partition coefficient (Wildman–Crippen LogP) is 8.82. The van der Waals surface area contributed by atoms with E-state index in [1.54, 1.807) is 50.6 Å². The second kappa shape index (κ2) is 12.1. The standard InChI is InChI=1S/C34H33ClN2O5/c1-21-19-34(2,3)37-29-17-16-25(27(32(21)29)20-36-28-8-6-7-9-30(28)39-4)26-15-14-24(18-31(26)40-5)42-33(38)41-23-12-10-22(35)11-13-23/h6-19,36-37H,20H2,1-5H3. The molecule has 0 saturated carbocycles. The van der Waals surface area contributed by atoms with Crippen molar-refractivity contribution in [3.8, 4) is 34.1 Å². The van der Waals surface area contributed by atoms with Crippen LogP contribution in [0.3, 0.4) is 0 Å². The summed E-state index contributed by atoms with van der Waals surface area (Å²) in [4.78, 5) is 12.4. The van der Waals surface area contributed by atoms with Crippen molar-refractivity contribution in [3.63, 3.8) is 0 Å². The Bertz CT molecular complexity index is 1650. The second-order valence-corrected chi connectivity index (χ2v) is 10.9. The van der Waals surface area contributed by atoms with Crippen LogP contribution in [-0.4, -0.2) is 25.9 Å². The number of hydrogen-bond donors (Lipinski definition) is 2. The van der Waals surface area contributed by atoms with E-state index in [0.717, 1.165) is 39.4 Å². The first-order chi connectivity index (χ1) is 20.2. The smallest absolute Gasteiger partial charge is 0.496 e. The lowest BCUT2D eigenvalue weighted by atomic mass is 9.85. The average Bonchev–Trinajstić information content (AvgIpc) is 2.96. The summed E-state index contributed by atoms with van der Waals surface area (Å²) in [5.74, 6) is 1.94. The Hall–Kier alpha value is -4.62. The summed E-state index contributed by atoms with van der Waals surface area (Å²) in [7, 11) is 3.25. The van der Waals surface area contributed by atoms with Crippen LogP contribution < -0.4 is 29.6 Å². The van der Waals surface area contributed by atoms with Crippen LogP contribution in [0.2, 0.25) is 5.02 Å². The zero-order chi connectivity index (χ0) is 29.9. The van der Waals surface area contributed by atoms with E-state index in [2.05, 4.69) is 49.6 Å². The largest absolute Gasteiger partial charge is 0.519 e. The molecule has 0 amide bonds. The van der Waals surface area contributed by atoms with Gasteiger partial charge in [-0.1, -0.05) is 35.9 Å². The van der Waals surface area contributed by atoms with E-state index in [9.17, 15) is 4.79 Å². The maximum Gasteiger partial charge on any atom is 0.519 e. The molecule has 0 spiro atoms. The number of halogens is 1. The van der Waals surface area contributed by atoms with Crippen molar-refractivity contribution in [2.75, 3.05) is 24.9 Å². The highest BCUT2D eigenvalue weighted by atomic mass is 35.5. The number of carbonyl (C=O) groups is 1. The number of anilines is 2. The Labute approximate surface area is 251 Å². The zero-order valence-corrected chi connectivity index (χ0v) is 25.0. The fraction of sp³-hybridized carbons (Fsp3) is 0.206. The first kappa shape index (κ1) is 28.9. The summed E-state index contributed by atoms with van der Waals surface area (Å²) in [5.41, 5.74) is 7.01. The number of carbonyl (C=O) groups excluding carboxylic acids is 1. The van der Waals surface area contributed by atoms with Crippen LogP contribution in [0.1, 0.15) is 31.9 Å². The molecule has 42 heavy (non-hydrogen) atoms. The van der Waals surface area contributed by atoms with Gasteiger partial charge in [0.25, 0.3) is 0 Å². The van der Waals surface area contributed by atoms with E-state index >= 15 is 0 Å². The van der Waals surface area contributed by atoms with E-state index in [4.69, 9.17) is 30.5 Å². The zero-order valence-electron chi connectivity index (χ0n) is 24.2. The van der Waals surface area contributed by atoms with Crippen LogP contribution in [0.25, 0.3) is 16.7 Å². The molecule has 8 heteroatoms. The Morgan fingerprint density at radius 1 is 0.857 bits per heavy atom. The summed E-state index contributed by atoms with van der Waals surface area (Å²) in [6.07, 6.45) is 1.38. The Balaban J connectivity index is 1.50. The fourth-order valence-electron chi connectivity index (χ4n) is 5.28. The van der Waals surface area contributed by atoms with Crippen LogP contribution in [0.15, 0.2) is 84.9 Å². The van der Waals surface area contributed by atoms with E-state index in [-0.39, 0.29) is 5.54 Å². The van der Waals surface area contributed by atoms with E-state index in [0.29, 0.717) is 28.8 Å². The summed E-state index contributed by atoms with van der Waals surface area (Å²) < 4.78 is 22.1. The molecule has 0 unspecified atom stereocenters. The van der Waals surface area contributed by atoms with Crippen molar-refractivity contribution in [2.45, 2.75) is 32.9 Å². The predicted molar refractivity (Wildman–Crippen MR) is 168 cm³/mol. The Kier molecular flexibility index (Phi) is 8.31. The van der Waals surface area contributed by atoms with Crippen molar-refractivity contribution >= 4 is 34.7 Å². The number of rotatable bonds is 8. The van der Waals surface area contributed by atoms with Gasteiger partial charge < -0.3 is 29.6 Å². The number of hydrogen-bond acceptors (Lipinski definition) is 7. The molecule has 0 fully saturated rings. The molecule has 0 radical (unpaired) electrons. The third-order valence-corrected chi connectivity index (χ3v) is 7.24. The molecule has 4 aromatic carbocycles. The van der Waals surface area contributed by atoms with E-state index < -0.39 is 6.16 Å². The summed E-state index contributed by atoms with van der Waals surface area (Å²) in [5, 5.41) is 7.76. The fourth-order valence-corrected chi connectivity index (χ4v) is 5.41. The maximum absolute atomic E-state index is 12.4. The molecule has 0 atom stereocenters. The first-order valence-electron chi connectivity index (χ1n) is 13.5.